The Kier molecular flexibility index (Phi) is 4.27. The number of nitrogens with two attached hydrogens (primary N) is 1. The van der Waals surface area contributed by atoms with Crippen molar-refractivity contribution in [3.05, 3.63) is 29.8 Å². The number of alkyl halides is 3. The molecule has 0 amide bonds. The molecule has 90 valence electrons. The van der Waals surface area contributed by atoms with Crippen molar-refractivity contribution in [2.45, 2.75) is 30.3 Å². The topological polar surface area (TPSA) is 26.0 Å². The van der Waals surface area contributed by atoms with Crippen molar-refractivity contribution in [2.24, 2.45) is 11.7 Å². The van der Waals surface area contributed by atoms with E-state index in [2.05, 4.69) is 0 Å². The molecular weight excluding hydrogens is 235 g/mol. The Balaban J connectivity index is 2.76. The molecule has 0 heterocycles. The zero-order valence-electron chi connectivity index (χ0n) is 9.08. The number of hydrogen-bond acceptors (Lipinski definition) is 2. The predicted molar refractivity (Wildman–Crippen MR) is 60.1 cm³/mol. The summed E-state index contributed by atoms with van der Waals surface area (Å²) >= 11 is -0.111. The van der Waals surface area contributed by atoms with Crippen molar-refractivity contribution in [1.82, 2.24) is 0 Å². The molecule has 0 saturated carbocycles. The molecule has 16 heavy (non-hydrogen) atoms. The predicted octanol–water partition coefficient (Wildman–Crippen LogP) is 3.95. The monoisotopic (exact) mass is 249 g/mol. The second-order valence-electron chi connectivity index (χ2n) is 3.89. The van der Waals surface area contributed by atoms with Crippen molar-refractivity contribution >= 4 is 11.8 Å². The molecule has 1 aromatic rings. The molecule has 2 N–H and O–H groups in total. The first-order chi connectivity index (χ1) is 7.29. The average molecular weight is 249 g/mol. The SMILES string of the molecule is CC(C)[C@@H](N)c1ccc(SC(F)(F)F)cc1. The summed E-state index contributed by atoms with van der Waals surface area (Å²) < 4.78 is 36.2. The van der Waals surface area contributed by atoms with Crippen molar-refractivity contribution < 1.29 is 13.2 Å². The van der Waals surface area contributed by atoms with Gasteiger partial charge in [0.1, 0.15) is 0 Å². The summed E-state index contributed by atoms with van der Waals surface area (Å²) in [5, 5.41) is 0. The Hall–Kier alpha value is -0.680. The maximum absolute atomic E-state index is 12.1. The smallest absolute Gasteiger partial charge is 0.324 e. The van der Waals surface area contributed by atoms with E-state index in [0.29, 0.717) is 0 Å². The Labute approximate surface area is 97.2 Å². The van der Waals surface area contributed by atoms with Gasteiger partial charge in [0, 0.05) is 10.9 Å². The third-order valence-corrected chi connectivity index (χ3v) is 2.96. The fraction of sp³-hybridized carbons (Fsp3) is 0.455. The Morgan fingerprint density at radius 1 is 1.12 bits per heavy atom. The molecule has 0 saturated heterocycles. The first-order valence-electron chi connectivity index (χ1n) is 4.91. The van der Waals surface area contributed by atoms with E-state index in [-0.39, 0.29) is 28.6 Å². The lowest BCUT2D eigenvalue weighted by molar-refractivity contribution is -0.0328. The minimum absolute atomic E-state index is 0.111. The minimum Gasteiger partial charge on any atom is -0.324 e. The van der Waals surface area contributed by atoms with Gasteiger partial charge in [-0.15, -0.1) is 0 Å². The number of rotatable bonds is 3. The highest BCUT2D eigenvalue weighted by molar-refractivity contribution is 8.00. The van der Waals surface area contributed by atoms with Gasteiger partial charge in [0.05, 0.1) is 0 Å². The van der Waals surface area contributed by atoms with Gasteiger partial charge in [0.25, 0.3) is 0 Å². The van der Waals surface area contributed by atoms with E-state index in [1.165, 1.54) is 12.1 Å². The molecule has 5 heteroatoms. The van der Waals surface area contributed by atoms with Crippen LogP contribution >= 0.6 is 11.8 Å². The van der Waals surface area contributed by atoms with Gasteiger partial charge < -0.3 is 5.73 Å². The summed E-state index contributed by atoms with van der Waals surface area (Å²) in [6.07, 6.45) is 0. The van der Waals surface area contributed by atoms with E-state index in [1.807, 2.05) is 13.8 Å². The van der Waals surface area contributed by atoms with Gasteiger partial charge in [-0.2, -0.15) is 13.2 Å². The molecule has 0 aliphatic carbocycles. The molecule has 0 fully saturated rings. The number of hydrogen-bond donors (Lipinski definition) is 1. The van der Waals surface area contributed by atoms with E-state index >= 15 is 0 Å². The normalized spacial score (nSPS) is 14.2. The molecule has 0 aromatic heterocycles. The van der Waals surface area contributed by atoms with Crippen LogP contribution in [0.15, 0.2) is 29.2 Å². The van der Waals surface area contributed by atoms with Gasteiger partial charge in [-0.1, -0.05) is 26.0 Å². The summed E-state index contributed by atoms with van der Waals surface area (Å²) in [7, 11) is 0. The molecule has 1 rings (SSSR count). The molecule has 0 unspecified atom stereocenters. The molecule has 0 radical (unpaired) electrons. The van der Waals surface area contributed by atoms with Gasteiger partial charge >= 0.3 is 5.51 Å². The second kappa shape index (κ2) is 5.10. The summed E-state index contributed by atoms with van der Waals surface area (Å²) in [5.41, 5.74) is 2.51. The molecular formula is C11H14F3NS. The molecule has 1 aromatic carbocycles. The molecule has 0 aliphatic rings. The van der Waals surface area contributed by atoms with Gasteiger partial charge in [0.2, 0.25) is 0 Å². The van der Waals surface area contributed by atoms with Crippen LogP contribution in [0.1, 0.15) is 25.5 Å². The van der Waals surface area contributed by atoms with Crippen LogP contribution in [0, 0.1) is 5.92 Å². The quantitative estimate of drug-likeness (QED) is 0.821. The van der Waals surface area contributed by atoms with E-state index < -0.39 is 5.51 Å². The maximum Gasteiger partial charge on any atom is 0.446 e. The van der Waals surface area contributed by atoms with Crippen molar-refractivity contribution in [3.63, 3.8) is 0 Å². The van der Waals surface area contributed by atoms with Crippen LogP contribution in [0.3, 0.4) is 0 Å². The maximum atomic E-state index is 12.1. The summed E-state index contributed by atoms with van der Waals surface area (Å²) in [5.74, 6) is 0.265. The van der Waals surface area contributed by atoms with Crippen molar-refractivity contribution in [1.29, 1.82) is 0 Å². The fourth-order valence-corrected chi connectivity index (χ4v) is 1.82. The lowest BCUT2D eigenvalue weighted by Gasteiger charge is -2.16. The van der Waals surface area contributed by atoms with Crippen LogP contribution in [-0.4, -0.2) is 5.51 Å². The summed E-state index contributed by atoms with van der Waals surface area (Å²) in [6, 6.07) is 6.08. The Bertz CT molecular complexity index is 332. The first kappa shape index (κ1) is 13.4. The zero-order valence-corrected chi connectivity index (χ0v) is 9.90. The molecule has 0 spiro atoms. The highest BCUT2D eigenvalue weighted by Gasteiger charge is 2.29. The van der Waals surface area contributed by atoms with Crippen LogP contribution in [-0.2, 0) is 0 Å². The third kappa shape index (κ3) is 4.06. The van der Waals surface area contributed by atoms with Gasteiger partial charge in [-0.25, -0.2) is 0 Å². The van der Waals surface area contributed by atoms with E-state index in [0.717, 1.165) is 5.56 Å². The molecule has 0 aliphatic heterocycles. The number of halogens is 3. The van der Waals surface area contributed by atoms with Crippen LogP contribution < -0.4 is 5.73 Å². The van der Waals surface area contributed by atoms with Crippen molar-refractivity contribution in [3.8, 4) is 0 Å². The standard InChI is InChI=1S/C11H14F3NS/c1-7(2)10(15)8-3-5-9(6-4-8)16-11(12,13)14/h3-7,10H,15H2,1-2H3/t10-/m1/s1. The minimum atomic E-state index is -4.23. The van der Waals surface area contributed by atoms with E-state index in [4.69, 9.17) is 5.73 Å². The largest absolute Gasteiger partial charge is 0.446 e. The van der Waals surface area contributed by atoms with Gasteiger partial charge in [-0.3, -0.25) is 0 Å². The van der Waals surface area contributed by atoms with Crippen LogP contribution in [0.2, 0.25) is 0 Å². The fourth-order valence-electron chi connectivity index (χ4n) is 1.28. The Morgan fingerprint density at radius 2 is 1.62 bits per heavy atom. The Morgan fingerprint density at radius 3 is 2.00 bits per heavy atom. The van der Waals surface area contributed by atoms with Crippen molar-refractivity contribution in [2.75, 3.05) is 0 Å². The lowest BCUT2D eigenvalue weighted by atomic mass is 9.97. The molecule has 1 nitrogen and oxygen atoms in total. The zero-order chi connectivity index (χ0) is 12.3. The van der Waals surface area contributed by atoms with Crippen LogP contribution in [0.25, 0.3) is 0 Å². The van der Waals surface area contributed by atoms with Gasteiger partial charge in [0.15, 0.2) is 0 Å². The van der Waals surface area contributed by atoms with E-state index in [1.54, 1.807) is 12.1 Å². The average Bonchev–Trinajstić information content (AvgIpc) is 2.15. The summed E-state index contributed by atoms with van der Waals surface area (Å²) in [6.45, 7) is 3.95. The highest BCUT2D eigenvalue weighted by atomic mass is 32.2. The number of thioether (sulfide) groups is 1. The molecule has 0 bridgehead atoms. The molecule has 1 atom stereocenters. The second-order valence-corrected chi connectivity index (χ2v) is 5.03. The number of benzene rings is 1. The van der Waals surface area contributed by atoms with E-state index in [9.17, 15) is 13.2 Å². The van der Waals surface area contributed by atoms with Crippen LogP contribution in [0.4, 0.5) is 13.2 Å². The lowest BCUT2D eigenvalue weighted by Crippen LogP contribution is -2.16. The van der Waals surface area contributed by atoms with Crippen LogP contribution in [0.5, 0.6) is 0 Å². The first-order valence-corrected chi connectivity index (χ1v) is 5.72. The highest BCUT2D eigenvalue weighted by Crippen LogP contribution is 2.37. The summed E-state index contributed by atoms with van der Waals surface area (Å²) in [4.78, 5) is 0.187. The third-order valence-electron chi connectivity index (χ3n) is 2.22. The van der Waals surface area contributed by atoms with Gasteiger partial charge in [-0.05, 0) is 35.4 Å².